The van der Waals surface area contributed by atoms with Gasteiger partial charge in [-0.2, -0.15) is 13.8 Å². The van der Waals surface area contributed by atoms with Crippen LogP contribution in [0.5, 0.6) is 5.75 Å². The number of aliphatic hydroxyl groups is 1. The highest BCUT2D eigenvalue weighted by Crippen LogP contribution is 2.44. The number of amides is 3. The number of carbonyl (C=O) groups is 3. The molecule has 0 bridgehead atoms. The molecule has 8 rings (SSSR count). The Bertz CT molecular complexity index is 2120. The highest BCUT2D eigenvalue weighted by atomic mass is 19.3. The summed E-state index contributed by atoms with van der Waals surface area (Å²) < 4.78 is 50.4. The number of hydrogen-bond acceptors (Lipinski definition) is 12. The summed E-state index contributed by atoms with van der Waals surface area (Å²) >= 11 is 0. The zero-order valence-electron chi connectivity index (χ0n) is 34.4. The van der Waals surface area contributed by atoms with Gasteiger partial charge in [0.2, 0.25) is 11.9 Å². The van der Waals surface area contributed by atoms with E-state index >= 15 is 4.39 Å². The molecular weight excluding hydrogens is 782 g/mol. The van der Waals surface area contributed by atoms with E-state index in [1.807, 2.05) is 11.1 Å². The third-order valence-electron chi connectivity index (χ3n) is 12.9. The molecule has 5 aliphatic heterocycles. The Balaban J connectivity index is 0.811. The molecule has 4 fully saturated rings. The first-order valence-corrected chi connectivity index (χ1v) is 20.7. The molecule has 0 radical (unpaired) electrons. The summed E-state index contributed by atoms with van der Waals surface area (Å²) in [6, 6.07) is 10.1. The fourth-order valence-electron chi connectivity index (χ4n) is 9.34. The quantitative estimate of drug-likeness (QED) is 0.244. The predicted molar refractivity (Wildman–Crippen MR) is 219 cm³/mol. The zero-order valence-corrected chi connectivity index (χ0v) is 34.4. The Morgan fingerprint density at radius 3 is 2.38 bits per heavy atom. The predicted octanol–water partition coefficient (Wildman–Crippen LogP) is 4.22. The van der Waals surface area contributed by atoms with Crippen LogP contribution in [0.4, 0.5) is 42.0 Å². The maximum Gasteiger partial charge on any atom is 0.342 e. The number of anilines is 5. The smallest absolute Gasteiger partial charge is 0.342 e. The van der Waals surface area contributed by atoms with Gasteiger partial charge in [-0.15, -0.1) is 0 Å². The summed E-state index contributed by atoms with van der Waals surface area (Å²) in [5, 5.41) is 17.3. The van der Waals surface area contributed by atoms with Gasteiger partial charge < -0.3 is 35.2 Å². The summed E-state index contributed by atoms with van der Waals surface area (Å²) in [5.41, 5.74) is 5.50. The number of alkyl halides is 2. The van der Waals surface area contributed by atoms with Crippen molar-refractivity contribution in [3.63, 3.8) is 0 Å². The van der Waals surface area contributed by atoms with Crippen molar-refractivity contribution in [2.45, 2.75) is 82.5 Å². The molecule has 18 heteroatoms. The molecule has 3 aromatic rings. The van der Waals surface area contributed by atoms with E-state index in [1.165, 1.54) is 31.3 Å². The molecule has 2 aromatic carbocycles. The van der Waals surface area contributed by atoms with E-state index in [9.17, 15) is 28.3 Å². The number of nitrogens with one attached hydrogen (secondary N) is 3. The van der Waals surface area contributed by atoms with Crippen LogP contribution < -0.4 is 35.5 Å². The number of methoxy groups -OCH3 is 1. The van der Waals surface area contributed by atoms with Gasteiger partial charge in [0.15, 0.2) is 5.82 Å². The van der Waals surface area contributed by atoms with Crippen molar-refractivity contribution >= 4 is 46.5 Å². The van der Waals surface area contributed by atoms with Crippen LogP contribution in [0.1, 0.15) is 74.2 Å². The SMILES string of the molecule is COc1cc(C(=O)NN2CCC(N3CC4(CCN(c5ccc(C6CCC(O)NC6=O)cc5F)CC4)C3)CC2)ccc1Nc1ncc2c(n1)N(C(C)C)CC(F)(F)C(=O)N2C. The number of ether oxygens (including phenoxy) is 1. The number of hydrogen-bond donors (Lipinski definition) is 4. The molecule has 4 N–H and O–H groups in total. The Kier molecular flexibility index (Phi) is 11.3. The number of halogens is 3. The lowest BCUT2D eigenvalue weighted by Gasteiger charge is -2.57. The molecule has 0 aliphatic carbocycles. The molecule has 322 valence electrons. The van der Waals surface area contributed by atoms with Crippen LogP contribution in [0.15, 0.2) is 42.6 Å². The number of carbonyl (C=O) groups excluding carboxylic acids is 3. The number of aromatic nitrogens is 2. The molecule has 4 saturated heterocycles. The average molecular weight is 835 g/mol. The molecule has 1 spiro atoms. The topological polar surface area (TPSA) is 159 Å². The summed E-state index contributed by atoms with van der Waals surface area (Å²) in [7, 11) is 2.76. The first-order valence-electron chi connectivity index (χ1n) is 20.7. The maximum atomic E-state index is 15.3. The summed E-state index contributed by atoms with van der Waals surface area (Å²) in [6.07, 6.45) is 5.24. The van der Waals surface area contributed by atoms with Crippen LogP contribution in [0, 0.1) is 11.2 Å². The van der Waals surface area contributed by atoms with Crippen molar-refractivity contribution < 1.29 is 37.4 Å². The van der Waals surface area contributed by atoms with Crippen molar-refractivity contribution in [2.24, 2.45) is 5.41 Å². The molecule has 1 aromatic heterocycles. The number of aliphatic hydroxyl groups excluding tert-OH is 1. The Morgan fingerprint density at radius 2 is 1.72 bits per heavy atom. The first kappa shape index (κ1) is 41.5. The number of fused-ring (bicyclic) bond motifs is 1. The van der Waals surface area contributed by atoms with Gasteiger partial charge in [0.05, 0.1) is 37.1 Å². The van der Waals surface area contributed by atoms with E-state index in [0.717, 1.165) is 56.8 Å². The van der Waals surface area contributed by atoms with Crippen molar-refractivity contribution in [2.75, 3.05) is 80.0 Å². The van der Waals surface area contributed by atoms with E-state index in [0.29, 0.717) is 60.2 Å². The van der Waals surface area contributed by atoms with Crippen molar-refractivity contribution in [1.29, 1.82) is 0 Å². The van der Waals surface area contributed by atoms with Crippen LogP contribution in [-0.2, 0) is 9.59 Å². The minimum atomic E-state index is -3.60. The molecule has 0 saturated carbocycles. The molecule has 2 unspecified atom stereocenters. The van der Waals surface area contributed by atoms with Gasteiger partial charge in [-0.25, -0.2) is 14.4 Å². The molecule has 6 heterocycles. The number of likely N-dealkylation sites (tertiary alicyclic amines) is 1. The lowest BCUT2D eigenvalue weighted by molar-refractivity contribution is -0.140. The lowest BCUT2D eigenvalue weighted by Crippen LogP contribution is -2.64. The van der Waals surface area contributed by atoms with Crippen molar-refractivity contribution in [1.82, 2.24) is 30.6 Å². The number of benzene rings is 2. The van der Waals surface area contributed by atoms with E-state index < -0.39 is 30.5 Å². The molecule has 2 atom stereocenters. The summed E-state index contributed by atoms with van der Waals surface area (Å²) in [4.78, 5) is 54.0. The normalized spacial score (nSPS) is 23.5. The maximum absolute atomic E-state index is 15.3. The van der Waals surface area contributed by atoms with Gasteiger partial charge in [0, 0.05) is 64.0 Å². The van der Waals surface area contributed by atoms with Crippen LogP contribution in [-0.4, -0.2) is 127 Å². The summed E-state index contributed by atoms with van der Waals surface area (Å²) in [6.45, 7) is 7.67. The van der Waals surface area contributed by atoms with Gasteiger partial charge >= 0.3 is 5.92 Å². The van der Waals surface area contributed by atoms with Crippen molar-refractivity contribution in [3.05, 3.63) is 59.5 Å². The third kappa shape index (κ3) is 8.16. The lowest BCUT2D eigenvalue weighted by atomic mass is 9.71. The number of rotatable bonds is 9. The number of nitrogens with zero attached hydrogens (tertiary/aromatic N) is 7. The molecular formula is C42H53F3N10O5. The minimum absolute atomic E-state index is 0.107. The second-order valence-electron chi connectivity index (χ2n) is 17.1. The molecule has 3 amide bonds. The third-order valence-corrected chi connectivity index (χ3v) is 12.9. The monoisotopic (exact) mass is 834 g/mol. The molecule has 15 nitrogen and oxygen atoms in total. The second-order valence-corrected chi connectivity index (χ2v) is 17.1. The standard InChI is InChI=1S/C42H53F3N10O5/c1-25(2)55-24-42(44,45)39(59)51(3)33-21-46-40(49-36(33)55)47-31-8-5-27(20-34(31)60-4)37(57)50-54-15-11-28(12-16-54)53-22-41(23-53)13-17-52(18-14-41)32-9-6-26(19-30(32)43)29-7-10-35(56)48-38(29)58/h5-6,8-9,19-21,25,28-29,35,56H,7,10-18,22-24H2,1-4H3,(H,48,58)(H,50,57)(H,46,47,49). The van der Waals surface area contributed by atoms with Gasteiger partial charge in [-0.05, 0) is 93.7 Å². The minimum Gasteiger partial charge on any atom is -0.495 e. The van der Waals surface area contributed by atoms with Crippen molar-refractivity contribution in [3.8, 4) is 5.75 Å². The summed E-state index contributed by atoms with van der Waals surface area (Å²) in [5.74, 6) is -5.59. The van der Waals surface area contributed by atoms with Crippen LogP contribution in [0.2, 0.25) is 0 Å². The second kappa shape index (κ2) is 16.3. The van der Waals surface area contributed by atoms with Crippen LogP contribution in [0.3, 0.4) is 0 Å². The Morgan fingerprint density at radius 1 is 0.983 bits per heavy atom. The highest BCUT2D eigenvalue weighted by molar-refractivity contribution is 6.02. The van der Waals surface area contributed by atoms with E-state index in [-0.39, 0.29) is 46.5 Å². The van der Waals surface area contributed by atoms with Gasteiger partial charge in [0.25, 0.3) is 11.8 Å². The van der Waals surface area contributed by atoms with Gasteiger partial charge in [0.1, 0.15) is 23.5 Å². The van der Waals surface area contributed by atoms with Gasteiger partial charge in [-0.3, -0.25) is 24.7 Å². The molecule has 5 aliphatic rings. The first-order chi connectivity index (χ1) is 28.6. The zero-order chi connectivity index (χ0) is 42.5. The van der Waals surface area contributed by atoms with E-state index in [4.69, 9.17) is 4.74 Å². The van der Waals surface area contributed by atoms with E-state index in [1.54, 1.807) is 38.1 Å². The Hall–Kier alpha value is -5.20. The number of hydrazine groups is 1. The largest absolute Gasteiger partial charge is 0.495 e. The Labute approximate surface area is 347 Å². The fourth-order valence-corrected chi connectivity index (χ4v) is 9.34. The fraction of sp³-hybridized carbons (Fsp3) is 0.548. The highest BCUT2D eigenvalue weighted by Gasteiger charge is 2.49. The van der Waals surface area contributed by atoms with Crippen LogP contribution in [0.25, 0.3) is 0 Å². The average Bonchev–Trinajstić information content (AvgIpc) is 3.28. The number of piperidine rings is 3. The van der Waals surface area contributed by atoms with E-state index in [2.05, 4.69) is 35.8 Å². The molecule has 60 heavy (non-hydrogen) atoms. The van der Waals surface area contributed by atoms with Gasteiger partial charge in [-0.1, -0.05) is 6.07 Å². The van der Waals surface area contributed by atoms with Crippen LogP contribution >= 0.6 is 0 Å².